The number of rotatable bonds is 5. The van der Waals surface area contributed by atoms with E-state index in [1.165, 1.54) is 23.3 Å². The summed E-state index contributed by atoms with van der Waals surface area (Å²) < 4.78 is 20.8. The zero-order valence-corrected chi connectivity index (χ0v) is 18.1. The SMILES string of the molecule is Cc1cccc(N=Cc2cc(Br)c(OCc3cccc(F)c3)c(Br)c2)c1C. The van der Waals surface area contributed by atoms with E-state index in [2.05, 4.69) is 56.8 Å². The third kappa shape index (κ3) is 5.05. The quantitative estimate of drug-likeness (QED) is 0.344. The van der Waals surface area contributed by atoms with Crippen molar-refractivity contribution in [3.63, 3.8) is 0 Å². The van der Waals surface area contributed by atoms with Crippen molar-refractivity contribution in [2.45, 2.75) is 20.5 Å². The lowest BCUT2D eigenvalue weighted by molar-refractivity contribution is 0.301. The molecule has 3 aromatic carbocycles. The van der Waals surface area contributed by atoms with Gasteiger partial charge in [0.15, 0.2) is 0 Å². The van der Waals surface area contributed by atoms with Gasteiger partial charge in [0.05, 0.1) is 14.6 Å². The first-order valence-corrected chi connectivity index (χ1v) is 9.99. The van der Waals surface area contributed by atoms with Gasteiger partial charge in [0.25, 0.3) is 0 Å². The number of aliphatic imine (C=N–C) groups is 1. The minimum Gasteiger partial charge on any atom is -0.487 e. The van der Waals surface area contributed by atoms with Crippen molar-refractivity contribution in [1.29, 1.82) is 0 Å². The molecule has 5 heteroatoms. The lowest BCUT2D eigenvalue weighted by Crippen LogP contribution is -1.98. The Labute approximate surface area is 175 Å². The van der Waals surface area contributed by atoms with E-state index in [0.29, 0.717) is 5.75 Å². The summed E-state index contributed by atoms with van der Waals surface area (Å²) in [4.78, 5) is 4.60. The maximum Gasteiger partial charge on any atom is 0.148 e. The number of aryl methyl sites for hydroxylation is 1. The Balaban J connectivity index is 1.78. The average Bonchev–Trinajstić information content (AvgIpc) is 2.62. The van der Waals surface area contributed by atoms with Crippen LogP contribution in [0, 0.1) is 19.7 Å². The van der Waals surface area contributed by atoms with Crippen LogP contribution in [-0.2, 0) is 6.61 Å². The Kier molecular flexibility index (Phi) is 6.45. The van der Waals surface area contributed by atoms with E-state index in [0.717, 1.165) is 25.8 Å². The lowest BCUT2D eigenvalue weighted by Gasteiger charge is -2.11. The van der Waals surface area contributed by atoms with Crippen LogP contribution in [0.3, 0.4) is 0 Å². The fraction of sp³-hybridized carbons (Fsp3) is 0.136. The molecule has 0 aliphatic rings. The van der Waals surface area contributed by atoms with Gasteiger partial charge in [-0.3, -0.25) is 4.99 Å². The number of nitrogens with zero attached hydrogens (tertiary/aromatic N) is 1. The summed E-state index contributed by atoms with van der Waals surface area (Å²) in [6.45, 7) is 4.42. The van der Waals surface area contributed by atoms with Crippen LogP contribution in [0.5, 0.6) is 5.75 Å². The minimum atomic E-state index is -0.271. The molecular formula is C22H18Br2FNO. The largest absolute Gasteiger partial charge is 0.487 e. The topological polar surface area (TPSA) is 21.6 Å². The highest BCUT2D eigenvalue weighted by Gasteiger charge is 2.09. The Bertz CT molecular complexity index is 978. The summed E-state index contributed by atoms with van der Waals surface area (Å²) in [6.07, 6.45) is 1.83. The molecule has 0 aromatic heterocycles. The highest BCUT2D eigenvalue weighted by molar-refractivity contribution is 9.11. The predicted molar refractivity (Wildman–Crippen MR) is 116 cm³/mol. The van der Waals surface area contributed by atoms with Crippen LogP contribution in [0.4, 0.5) is 10.1 Å². The van der Waals surface area contributed by atoms with Crippen LogP contribution in [0.15, 0.2) is 68.5 Å². The Morgan fingerprint density at radius 2 is 1.70 bits per heavy atom. The normalized spacial score (nSPS) is 11.1. The van der Waals surface area contributed by atoms with Gasteiger partial charge >= 0.3 is 0 Å². The van der Waals surface area contributed by atoms with Crippen LogP contribution in [0.2, 0.25) is 0 Å². The summed E-state index contributed by atoms with van der Waals surface area (Å²) in [5.41, 5.74) is 5.05. The minimum absolute atomic E-state index is 0.271. The Morgan fingerprint density at radius 3 is 2.41 bits per heavy atom. The fourth-order valence-corrected chi connectivity index (χ4v) is 4.04. The molecule has 0 atom stereocenters. The second kappa shape index (κ2) is 8.81. The van der Waals surface area contributed by atoms with E-state index in [-0.39, 0.29) is 12.4 Å². The molecule has 0 N–H and O–H groups in total. The van der Waals surface area contributed by atoms with Crippen LogP contribution in [-0.4, -0.2) is 6.21 Å². The van der Waals surface area contributed by atoms with Gasteiger partial charge < -0.3 is 4.74 Å². The number of halogens is 3. The van der Waals surface area contributed by atoms with Gasteiger partial charge in [-0.2, -0.15) is 0 Å². The molecule has 0 saturated heterocycles. The van der Waals surface area contributed by atoms with Crippen molar-refractivity contribution in [3.05, 3.63) is 91.6 Å². The van der Waals surface area contributed by atoms with Crippen molar-refractivity contribution in [3.8, 4) is 5.75 Å². The molecule has 0 amide bonds. The number of hydrogen-bond acceptors (Lipinski definition) is 2. The van der Waals surface area contributed by atoms with E-state index in [1.54, 1.807) is 6.07 Å². The summed E-state index contributed by atoms with van der Waals surface area (Å²) in [6, 6.07) is 16.4. The highest BCUT2D eigenvalue weighted by Crippen LogP contribution is 2.35. The second-order valence-corrected chi connectivity index (χ2v) is 7.92. The third-order valence-corrected chi connectivity index (χ3v) is 5.40. The van der Waals surface area contributed by atoms with Gasteiger partial charge in [0.2, 0.25) is 0 Å². The van der Waals surface area contributed by atoms with Crippen LogP contribution in [0.1, 0.15) is 22.3 Å². The van der Waals surface area contributed by atoms with Crippen molar-refractivity contribution < 1.29 is 9.13 Å². The molecule has 0 aliphatic heterocycles. The fourth-order valence-electron chi connectivity index (χ4n) is 2.59. The van der Waals surface area contributed by atoms with Crippen molar-refractivity contribution in [2.24, 2.45) is 4.99 Å². The van der Waals surface area contributed by atoms with Gasteiger partial charge in [-0.1, -0.05) is 24.3 Å². The Hall–Kier alpha value is -1.98. The Morgan fingerprint density at radius 1 is 1.00 bits per heavy atom. The maximum atomic E-state index is 13.3. The standard InChI is InChI=1S/C22H18Br2FNO/c1-14-5-3-8-21(15(14)2)26-12-17-10-19(23)22(20(24)11-17)27-13-16-6-4-7-18(25)9-16/h3-12H,13H2,1-2H3. The predicted octanol–water partition coefficient (Wildman–Crippen LogP) is 7.30. The first kappa shape index (κ1) is 19.8. The van der Waals surface area contributed by atoms with E-state index in [9.17, 15) is 4.39 Å². The number of benzene rings is 3. The van der Waals surface area contributed by atoms with Crippen molar-refractivity contribution >= 4 is 43.8 Å². The van der Waals surface area contributed by atoms with E-state index in [1.807, 2.05) is 36.5 Å². The van der Waals surface area contributed by atoms with E-state index >= 15 is 0 Å². The summed E-state index contributed by atoms with van der Waals surface area (Å²) in [5, 5.41) is 0. The van der Waals surface area contributed by atoms with E-state index < -0.39 is 0 Å². The molecule has 3 rings (SSSR count). The van der Waals surface area contributed by atoms with Crippen molar-refractivity contribution in [1.82, 2.24) is 0 Å². The number of hydrogen-bond donors (Lipinski definition) is 0. The zero-order valence-electron chi connectivity index (χ0n) is 15.0. The molecular weight excluding hydrogens is 473 g/mol. The molecule has 0 spiro atoms. The third-order valence-electron chi connectivity index (χ3n) is 4.22. The smallest absolute Gasteiger partial charge is 0.148 e. The molecule has 138 valence electrons. The van der Waals surface area contributed by atoms with Gasteiger partial charge in [-0.05, 0) is 98.3 Å². The maximum absolute atomic E-state index is 13.3. The molecule has 0 aliphatic carbocycles. The lowest BCUT2D eigenvalue weighted by atomic mass is 10.1. The zero-order chi connectivity index (χ0) is 19.4. The first-order valence-electron chi connectivity index (χ1n) is 8.40. The monoisotopic (exact) mass is 489 g/mol. The molecule has 0 fully saturated rings. The van der Waals surface area contributed by atoms with Gasteiger partial charge in [-0.15, -0.1) is 0 Å². The summed E-state index contributed by atoms with van der Waals surface area (Å²) in [7, 11) is 0. The van der Waals surface area contributed by atoms with Gasteiger partial charge in [0, 0.05) is 6.21 Å². The molecule has 0 radical (unpaired) electrons. The first-order chi connectivity index (χ1) is 12.9. The van der Waals surface area contributed by atoms with Crippen LogP contribution in [0.25, 0.3) is 0 Å². The molecule has 3 aromatic rings. The second-order valence-electron chi connectivity index (χ2n) is 6.21. The number of ether oxygens (including phenoxy) is 1. The van der Waals surface area contributed by atoms with Gasteiger partial charge in [-0.25, -0.2) is 4.39 Å². The average molecular weight is 491 g/mol. The van der Waals surface area contributed by atoms with Gasteiger partial charge in [0.1, 0.15) is 18.2 Å². The summed E-state index contributed by atoms with van der Waals surface area (Å²) in [5.74, 6) is 0.399. The van der Waals surface area contributed by atoms with E-state index in [4.69, 9.17) is 4.74 Å². The molecule has 2 nitrogen and oxygen atoms in total. The highest BCUT2D eigenvalue weighted by atomic mass is 79.9. The molecule has 0 bridgehead atoms. The molecule has 0 unspecified atom stereocenters. The van der Waals surface area contributed by atoms with Crippen molar-refractivity contribution in [2.75, 3.05) is 0 Å². The van der Waals surface area contributed by atoms with Crippen LogP contribution < -0.4 is 4.74 Å². The molecule has 0 heterocycles. The molecule has 27 heavy (non-hydrogen) atoms. The van der Waals surface area contributed by atoms with Crippen LogP contribution >= 0.6 is 31.9 Å². The summed E-state index contributed by atoms with van der Waals surface area (Å²) >= 11 is 7.10. The molecule has 0 saturated carbocycles.